The fourth-order valence-electron chi connectivity index (χ4n) is 1.87. The predicted molar refractivity (Wildman–Crippen MR) is 83.3 cm³/mol. The average molecular weight is 318 g/mol. The Morgan fingerprint density at radius 2 is 2.05 bits per heavy atom. The number of hydrogen-bond donors (Lipinski definition) is 2. The molecule has 22 heavy (non-hydrogen) atoms. The van der Waals surface area contributed by atoms with E-state index in [2.05, 4.69) is 10.6 Å². The van der Waals surface area contributed by atoms with Crippen LogP contribution in [0.15, 0.2) is 42.5 Å². The molecule has 2 rings (SSSR count). The van der Waals surface area contributed by atoms with Crippen molar-refractivity contribution in [3.05, 3.63) is 64.4 Å². The minimum absolute atomic E-state index is 0.280. The Balaban J connectivity index is 1.89. The highest BCUT2D eigenvalue weighted by Crippen LogP contribution is 2.22. The summed E-state index contributed by atoms with van der Waals surface area (Å²) in [4.78, 5) is 11.8. The Bertz CT molecular complexity index is 728. The highest BCUT2D eigenvalue weighted by atomic mass is 35.5. The van der Waals surface area contributed by atoms with E-state index >= 15 is 0 Å². The Labute approximate surface area is 132 Å². The van der Waals surface area contributed by atoms with Gasteiger partial charge < -0.3 is 10.6 Å². The fourth-order valence-corrected chi connectivity index (χ4v) is 2.03. The minimum atomic E-state index is -0.465. The minimum Gasteiger partial charge on any atom is -0.338 e. The molecule has 0 atom stereocenters. The third-order valence-electron chi connectivity index (χ3n) is 2.98. The molecule has 2 N–H and O–H groups in total. The van der Waals surface area contributed by atoms with Crippen molar-refractivity contribution < 1.29 is 9.18 Å². The SMILES string of the molecule is N#Cc1ccc(Cl)c(NC(=O)NCCc2ccccc2F)c1. The van der Waals surface area contributed by atoms with Crippen molar-refractivity contribution in [1.82, 2.24) is 5.32 Å². The van der Waals surface area contributed by atoms with Gasteiger partial charge in [0.2, 0.25) is 0 Å². The van der Waals surface area contributed by atoms with Gasteiger partial charge in [-0.2, -0.15) is 5.26 Å². The van der Waals surface area contributed by atoms with E-state index < -0.39 is 6.03 Å². The normalized spacial score (nSPS) is 9.86. The third-order valence-corrected chi connectivity index (χ3v) is 3.31. The lowest BCUT2D eigenvalue weighted by Gasteiger charge is -2.09. The molecule has 0 aliphatic carbocycles. The van der Waals surface area contributed by atoms with Crippen molar-refractivity contribution >= 4 is 23.3 Å². The van der Waals surface area contributed by atoms with Crippen LogP contribution in [0.5, 0.6) is 0 Å². The number of amides is 2. The van der Waals surface area contributed by atoms with Gasteiger partial charge in [0.15, 0.2) is 0 Å². The molecule has 0 unspecified atom stereocenters. The van der Waals surface area contributed by atoms with E-state index in [1.807, 2.05) is 6.07 Å². The second kappa shape index (κ2) is 7.43. The molecular formula is C16H13ClFN3O. The number of nitrogens with one attached hydrogen (secondary N) is 2. The van der Waals surface area contributed by atoms with Crippen LogP contribution in [0.4, 0.5) is 14.9 Å². The molecule has 0 spiro atoms. The van der Waals surface area contributed by atoms with Crippen LogP contribution in [0.1, 0.15) is 11.1 Å². The number of benzene rings is 2. The molecule has 4 nitrogen and oxygen atoms in total. The molecule has 0 aromatic heterocycles. The quantitative estimate of drug-likeness (QED) is 0.902. The summed E-state index contributed by atoms with van der Waals surface area (Å²) in [5.41, 5.74) is 1.28. The Morgan fingerprint density at radius 1 is 1.27 bits per heavy atom. The van der Waals surface area contributed by atoms with E-state index in [-0.39, 0.29) is 12.4 Å². The molecule has 0 aliphatic rings. The lowest BCUT2D eigenvalue weighted by Crippen LogP contribution is -2.30. The van der Waals surface area contributed by atoms with Gasteiger partial charge in [0.1, 0.15) is 5.82 Å². The van der Waals surface area contributed by atoms with Gasteiger partial charge in [0.05, 0.1) is 22.3 Å². The van der Waals surface area contributed by atoms with Gasteiger partial charge >= 0.3 is 6.03 Å². The summed E-state index contributed by atoms with van der Waals surface area (Å²) in [6.07, 6.45) is 0.381. The van der Waals surface area contributed by atoms with Crippen molar-refractivity contribution in [3.63, 3.8) is 0 Å². The zero-order valence-electron chi connectivity index (χ0n) is 11.6. The maximum Gasteiger partial charge on any atom is 0.319 e. The first-order valence-corrected chi connectivity index (χ1v) is 6.96. The van der Waals surface area contributed by atoms with Gasteiger partial charge in [-0.05, 0) is 36.2 Å². The summed E-state index contributed by atoms with van der Waals surface area (Å²) in [6, 6.07) is 12.5. The predicted octanol–water partition coefficient (Wildman–Crippen LogP) is 3.71. The fraction of sp³-hybridized carbons (Fsp3) is 0.125. The number of urea groups is 1. The first-order valence-electron chi connectivity index (χ1n) is 6.58. The van der Waals surface area contributed by atoms with Crippen molar-refractivity contribution in [3.8, 4) is 6.07 Å². The second-order valence-electron chi connectivity index (χ2n) is 4.53. The molecule has 0 saturated heterocycles. The topological polar surface area (TPSA) is 64.9 Å². The molecule has 0 aliphatic heterocycles. The zero-order chi connectivity index (χ0) is 15.9. The van der Waals surface area contributed by atoms with Crippen LogP contribution in [0, 0.1) is 17.1 Å². The number of halogens is 2. The molecule has 0 bridgehead atoms. The second-order valence-corrected chi connectivity index (χ2v) is 4.94. The highest BCUT2D eigenvalue weighted by Gasteiger charge is 2.07. The van der Waals surface area contributed by atoms with Crippen LogP contribution in [0.2, 0.25) is 5.02 Å². The Kier molecular flexibility index (Phi) is 5.34. The van der Waals surface area contributed by atoms with E-state index in [9.17, 15) is 9.18 Å². The van der Waals surface area contributed by atoms with Crippen LogP contribution in [-0.2, 0) is 6.42 Å². The lowest BCUT2D eigenvalue weighted by atomic mass is 10.1. The van der Waals surface area contributed by atoms with Gasteiger partial charge in [0, 0.05) is 6.54 Å². The van der Waals surface area contributed by atoms with E-state index in [1.54, 1.807) is 24.3 Å². The number of nitriles is 1. The van der Waals surface area contributed by atoms with Crippen LogP contribution in [0.25, 0.3) is 0 Å². The molecule has 112 valence electrons. The van der Waals surface area contributed by atoms with Gasteiger partial charge in [0.25, 0.3) is 0 Å². The van der Waals surface area contributed by atoms with E-state index in [4.69, 9.17) is 16.9 Å². The number of carbonyl (C=O) groups excluding carboxylic acids is 1. The zero-order valence-corrected chi connectivity index (χ0v) is 12.3. The van der Waals surface area contributed by atoms with Crippen molar-refractivity contribution in [2.24, 2.45) is 0 Å². The summed E-state index contributed by atoms with van der Waals surface area (Å²) in [7, 11) is 0. The standard InChI is InChI=1S/C16H13ClFN3O/c17-13-6-5-11(10-19)9-15(13)21-16(22)20-8-7-12-3-1-2-4-14(12)18/h1-6,9H,7-8H2,(H2,20,21,22). The summed E-state index contributed by atoms with van der Waals surface area (Å²) >= 11 is 5.95. The average Bonchev–Trinajstić information content (AvgIpc) is 2.51. The number of rotatable bonds is 4. The van der Waals surface area contributed by atoms with E-state index in [0.29, 0.717) is 28.3 Å². The molecule has 2 aromatic rings. The number of nitrogens with zero attached hydrogens (tertiary/aromatic N) is 1. The van der Waals surface area contributed by atoms with Gasteiger partial charge in [-0.25, -0.2) is 9.18 Å². The number of carbonyl (C=O) groups is 1. The number of hydrogen-bond acceptors (Lipinski definition) is 2. The van der Waals surface area contributed by atoms with Gasteiger partial charge in [-0.3, -0.25) is 0 Å². The molecule has 0 saturated carbocycles. The molecule has 2 aromatic carbocycles. The Hall–Kier alpha value is -2.58. The van der Waals surface area contributed by atoms with Crippen LogP contribution in [0.3, 0.4) is 0 Å². The van der Waals surface area contributed by atoms with Crippen LogP contribution >= 0.6 is 11.6 Å². The molecule has 0 radical (unpaired) electrons. The smallest absolute Gasteiger partial charge is 0.319 e. The largest absolute Gasteiger partial charge is 0.338 e. The maximum atomic E-state index is 13.4. The van der Waals surface area contributed by atoms with Gasteiger partial charge in [-0.15, -0.1) is 0 Å². The Morgan fingerprint density at radius 3 is 2.77 bits per heavy atom. The molecule has 0 fully saturated rings. The highest BCUT2D eigenvalue weighted by molar-refractivity contribution is 6.33. The first kappa shape index (κ1) is 15.8. The van der Waals surface area contributed by atoms with Crippen molar-refractivity contribution in [2.75, 3.05) is 11.9 Å². The lowest BCUT2D eigenvalue weighted by molar-refractivity contribution is 0.252. The third kappa shape index (κ3) is 4.21. The molecular weight excluding hydrogens is 305 g/mol. The van der Waals surface area contributed by atoms with Crippen molar-refractivity contribution in [1.29, 1.82) is 5.26 Å². The van der Waals surface area contributed by atoms with Gasteiger partial charge in [-0.1, -0.05) is 29.8 Å². The molecule has 2 amide bonds. The van der Waals surface area contributed by atoms with Crippen LogP contribution in [-0.4, -0.2) is 12.6 Å². The molecule has 6 heteroatoms. The summed E-state index contributed by atoms with van der Waals surface area (Å²) in [5, 5.41) is 14.3. The van der Waals surface area contributed by atoms with E-state index in [1.165, 1.54) is 18.2 Å². The van der Waals surface area contributed by atoms with E-state index in [0.717, 1.165) is 0 Å². The van der Waals surface area contributed by atoms with Crippen molar-refractivity contribution in [2.45, 2.75) is 6.42 Å². The van der Waals surface area contributed by atoms with Crippen LogP contribution < -0.4 is 10.6 Å². The first-order chi connectivity index (χ1) is 10.6. The summed E-state index contributed by atoms with van der Waals surface area (Å²) < 4.78 is 13.4. The summed E-state index contributed by atoms with van der Waals surface area (Å²) in [5.74, 6) is -0.297. The maximum absolute atomic E-state index is 13.4. The summed E-state index contributed by atoms with van der Waals surface area (Å²) in [6.45, 7) is 0.280. The number of anilines is 1. The molecule has 0 heterocycles. The monoisotopic (exact) mass is 317 g/mol.